The fourth-order valence-electron chi connectivity index (χ4n) is 10.6. The van der Waals surface area contributed by atoms with Crippen LogP contribution >= 0.6 is 0 Å². The van der Waals surface area contributed by atoms with Crippen molar-refractivity contribution >= 4 is 54.1 Å². The minimum absolute atomic E-state index is 0.508. The molecule has 0 saturated carbocycles. The number of benzene rings is 9. The first-order chi connectivity index (χ1) is 28.3. The van der Waals surface area contributed by atoms with Crippen LogP contribution in [0.3, 0.4) is 0 Å². The van der Waals surface area contributed by atoms with Crippen molar-refractivity contribution in [1.29, 1.82) is 0 Å². The quantitative estimate of drug-likeness (QED) is 0.166. The molecule has 2 aliphatic rings. The predicted molar refractivity (Wildman–Crippen MR) is 237 cm³/mol. The highest BCUT2D eigenvalue weighted by Crippen LogP contribution is 2.67. The normalized spacial score (nSPS) is 13.4. The minimum Gasteiger partial charge on any atom is -0.254 e. The van der Waals surface area contributed by atoms with E-state index in [2.05, 4.69) is 182 Å². The molecule has 0 unspecified atom stereocenters. The second kappa shape index (κ2) is 11.3. The number of pyridine rings is 2. The molecule has 0 atom stereocenters. The van der Waals surface area contributed by atoms with Crippen molar-refractivity contribution in [2.75, 3.05) is 0 Å². The van der Waals surface area contributed by atoms with Gasteiger partial charge in [0.15, 0.2) is 0 Å². The first kappa shape index (κ1) is 30.9. The monoisotopic (exact) mass is 720 g/mol. The standard InChI is InChI=1S/C55H32N2/c1-5-19-43-37(13-1)38-14-3-6-20-44(38)52-51(43)50-42-18-4-2-15-39(42)45(32-48(50)55(52)46-21-9-7-16-40(46)41-17-8-10-22-47(41)55)33-23-25-34(26-24-33)49-30-29-36-28-27-35-12-11-31-56-53(35)54(36)57-49/h1-32H. The van der Waals surface area contributed by atoms with E-state index in [9.17, 15) is 0 Å². The topological polar surface area (TPSA) is 25.8 Å². The Hall–Kier alpha value is -7.42. The van der Waals surface area contributed by atoms with Crippen molar-refractivity contribution in [3.05, 3.63) is 217 Å². The van der Waals surface area contributed by atoms with Crippen LogP contribution < -0.4 is 0 Å². The number of aromatic nitrogens is 2. The Morgan fingerprint density at radius 1 is 0.351 bits per heavy atom. The first-order valence-corrected chi connectivity index (χ1v) is 19.7. The van der Waals surface area contributed by atoms with Crippen LogP contribution in [0.4, 0.5) is 0 Å². The van der Waals surface area contributed by atoms with Gasteiger partial charge in [-0.3, -0.25) is 4.98 Å². The van der Waals surface area contributed by atoms with Crippen molar-refractivity contribution < 1.29 is 0 Å². The Morgan fingerprint density at radius 2 is 0.895 bits per heavy atom. The zero-order valence-electron chi connectivity index (χ0n) is 30.9. The van der Waals surface area contributed by atoms with Crippen LogP contribution in [0.15, 0.2) is 194 Å². The highest BCUT2D eigenvalue weighted by atomic mass is 14.8. The molecule has 2 heteroatoms. The number of nitrogens with zero attached hydrogens (tertiary/aromatic N) is 2. The van der Waals surface area contributed by atoms with Crippen LogP contribution in [0.2, 0.25) is 0 Å². The van der Waals surface area contributed by atoms with Gasteiger partial charge in [0.25, 0.3) is 0 Å². The molecular formula is C55H32N2. The summed E-state index contributed by atoms with van der Waals surface area (Å²) in [5, 5.41) is 9.94. The Morgan fingerprint density at radius 3 is 1.61 bits per heavy atom. The summed E-state index contributed by atoms with van der Waals surface area (Å²) in [7, 11) is 0. The highest BCUT2D eigenvalue weighted by molar-refractivity contribution is 6.24. The maximum absolute atomic E-state index is 5.17. The molecule has 1 spiro atoms. The molecule has 2 heterocycles. The Labute approximate surface area is 329 Å². The average Bonchev–Trinajstić information content (AvgIpc) is 3.77. The Balaban J connectivity index is 1.11. The van der Waals surface area contributed by atoms with Gasteiger partial charge in [-0.15, -0.1) is 0 Å². The molecule has 0 saturated heterocycles. The van der Waals surface area contributed by atoms with Gasteiger partial charge in [0.1, 0.15) is 0 Å². The lowest BCUT2D eigenvalue weighted by atomic mass is 9.68. The molecule has 57 heavy (non-hydrogen) atoms. The third-order valence-electron chi connectivity index (χ3n) is 12.9. The number of hydrogen-bond acceptors (Lipinski definition) is 2. The van der Waals surface area contributed by atoms with Crippen LogP contribution in [0.1, 0.15) is 22.3 Å². The van der Waals surface area contributed by atoms with E-state index in [0.29, 0.717) is 0 Å². The molecule has 0 aliphatic heterocycles. The summed E-state index contributed by atoms with van der Waals surface area (Å²) in [5.74, 6) is 0. The lowest BCUT2D eigenvalue weighted by molar-refractivity contribution is 0.803. The maximum atomic E-state index is 5.17. The molecule has 2 aliphatic carbocycles. The van der Waals surface area contributed by atoms with E-state index >= 15 is 0 Å². The summed E-state index contributed by atoms with van der Waals surface area (Å²) in [6, 6.07) is 69.7. The molecule has 0 amide bonds. The van der Waals surface area contributed by atoms with Gasteiger partial charge in [-0.25, -0.2) is 4.98 Å². The molecule has 11 aromatic rings. The molecular weight excluding hydrogens is 689 g/mol. The van der Waals surface area contributed by atoms with Crippen LogP contribution in [0, 0.1) is 0 Å². The largest absolute Gasteiger partial charge is 0.254 e. The zero-order chi connectivity index (χ0) is 37.2. The molecule has 0 N–H and O–H groups in total. The summed E-state index contributed by atoms with van der Waals surface area (Å²) in [6.07, 6.45) is 1.85. The van der Waals surface area contributed by atoms with Crippen LogP contribution in [-0.2, 0) is 5.41 Å². The van der Waals surface area contributed by atoms with E-state index in [1.807, 2.05) is 12.3 Å². The lowest BCUT2D eigenvalue weighted by Gasteiger charge is -2.32. The van der Waals surface area contributed by atoms with Crippen LogP contribution in [-0.4, -0.2) is 9.97 Å². The van der Waals surface area contributed by atoms with E-state index < -0.39 is 5.41 Å². The molecule has 0 radical (unpaired) electrons. The maximum Gasteiger partial charge on any atom is 0.0972 e. The van der Waals surface area contributed by atoms with Crippen molar-refractivity contribution in [3.8, 4) is 44.6 Å². The van der Waals surface area contributed by atoms with E-state index in [4.69, 9.17) is 9.97 Å². The van der Waals surface area contributed by atoms with Gasteiger partial charge in [0.2, 0.25) is 0 Å². The van der Waals surface area contributed by atoms with Crippen LogP contribution in [0.25, 0.3) is 98.8 Å². The van der Waals surface area contributed by atoms with Gasteiger partial charge >= 0.3 is 0 Å². The van der Waals surface area contributed by atoms with Crippen molar-refractivity contribution in [3.63, 3.8) is 0 Å². The summed E-state index contributed by atoms with van der Waals surface area (Å²) in [6.45, 7) is 0. The van der Waals surface area contributed by atoms with Gasteiger partial charge < -0.3 is 0 Å². The zero-order valence-corrected chi connectivity index (χ0v) is 30.9. The van der Waals surface area contributed by atoms with Crippen molar-refractivity contribution in [1.82, 2.24) is 9.97 Å². The second-order valence-corrected chi connectivity index (χ2v) is 15.6. The van der Waals surface area contributed by atoms with Gasteiger partial charge in [0, 0.05) is 22.5 Å². The third kappa shape index (κ3) is 3.99. The van der Waals surface area contributed by atoms with Gasteiger partial charge in [-0.2, -0.15) is 0 Å². The molecule has 9 aromatic carbocycles. The average molecular weight is 721 g/mol. The molecule has 0 bridgehead atoms. The van der Waals surface area contributed by atoms with Gasteiger partial charge in [-0.05, 0) is 106 Å². The number of hydrogen-bond donors (Lipinski definition) is 0. The molecule has 2 nitrogen and oxygen atoms in total. The number of rotatable bonds is 2. The highest BCUT2D eigenvalue weighted by Gasteiger charge is 2.53. The predicted octanol–water partition coefficient (Wildman–Crippen LogP) is 13.9. The third-order valence-corrected chi connectivity index (χ3v) is 12.9. The fraction of sp³-hybridized carbons (Fsp3) is 0.0182. The Kier molecular flexibility index (Phi) is 6.13. The van der Waals surface area contributed by atoms with Gasteiger partial charge in [-0.1, -0.05) is 170 Å². The number of fused-ring (bicyclic) bond motifs is 20. The van der Waals surface area contributed by atoms with Crippen LogP contribution in [0.5, 0.6) is 0 Å². The second-order valence-electron chi connectivity index (χ2n) is 15.6. The van der Waals surface area contributed by atoms with Crippen molar-refractivity contribution in [2.45, 2.75) is 5.41 Å². The summed E-state index contributed by atoms with van der Waals surface area (Å²) < 4.78 is 0. The Bertz CT molecular complexity index is 3480. The summed E-state index contributed by atoms with van der Waals surface area (Å²) >= 11 is 0. The smallest absolute Gasteiger partial charge is 0.0972 e. The molecule has 0 fully saturated rings. The molecule has 2 aromatic heterocycles. The van der Waals surface area contributed by atoms with Crippen molar-refractivity contribution in [2.24, 2.45) is 0 Å². The van der Waals surface area contributed by atoms with E-state index in [1.54, 1.807) is 0 Å². The van der Waals surface area contributed by atoms with Gasteiger partial charge in [0.05, 0.1) is 22.1 Å². The van der Waals surface area contributed by atoms with E-state index in [0.717, 1.165) is 33.1 Å². The fourth-order valence-corrected chi connectivity index (χ4v) is 10.6. The van der Waals surface area contributed by atoms with E-state index in [1.165, 1.54) is 88.0 Å². The SMILES string of the molecule is c1ccc2c(c1)-c1ccccc1C21c2cc(-c3ccc(-c4ccc5ccc6cccnc6c5n4)cc3)c3ccccc3c2-c2c1c1ccccc1c1ccccc21. The summed E-state index contributed by atoms with van der Waals surface area (Å²) in [4.78, 5) is 9.87. The lowest BCUT2D eigenvalue weighted by Crippen LogP contribution is -2.26. The molecule has 262 valence electrons. The summed E-state index contributed by atoms with van der Waals surface area (Å²) in [5.41, 5.74) is 16.6. The minimum atomic E-state index is -0.508. The first-order valence-electron chi connectivity index (χ1n) is 19.7. The molecule has 13 rings (SSSR count). The van der Waals surface area contributed by atoms with E-state index in [-0.39, 0.29) is 0 Å².